The third kappa shape index (κ3) is 3.16. The number of carbonyl (C=O) groups excluding carboxylic acids is 1. The molecule has 2 aromatic rings. The van der Waals surface area contributed by atoms with E-state index in [-0.39, 0.29) is 11.9 Å². The summed E-state index contributed by atoms with van der Waals surface area (Å²) >= 11 is 13.7. The predicted octanol–water partition coefficient (Wildman–Crippen LogP) is 4.08. The molecule has 1 saturated heterocycles. The summed E-state index contributed by atoms with van der Waals surface area (Å²) in [5, 5.41) is 13.2. The molecular formula is C16H16Cl2N4OS. The fourth-order valence-electron chi connectivity index (χ4n) is 3.18. The van der Waals surface area contributed by atoms with Crippen LogP contribution in [0.5, 0.6) is 0 Å². The smallest absolute Gasteiger partial charge is 0.243 e. The quantitative estimate of drug-likeness (QED) is 0.865. The Morgan fingerprint density at radius 1 is 1.21 bits per heavy atom. The molecule has 1 amide bonds. The summed E-state index contributed by atoms with van der Waals surface area (Å²) in [5.74, 6) is 0.00681. The Balaban J connectivity index is 1.50. The molecule has 2 aliphatic rings. The van der Waals surface area contributed by atoms with E-state index < -0.39 is 0 Å². The fourth-order valence-corrected chi connectivity index (χ4v) is 4.69. The molecular weight excluding hydrogens is 367 g/mol. The average Bonchev–Trinajstić information content (AvgIpc) is 3.09. The summed E-state index contributed by atoms with van der Waals surface area (Å²) in [6.07, 6.45) is 4.39. The summed E-state index contributed by atoms with van der Waals surface area (Å²) in [7, 11) is 0. The number of aromatic nitrogens is 2. The molecule has 2 fully saturated rings. The van der Waals surface area contributed by atoms with Crippen molar-refractivity contribution in [1.82, 2.24) is 15.1 Å². The predicted molar refractivity (Wildman–Crippen MR) is 96.7 cm³/mol. The van der Waals surface area contributed by atoms with Gasteiger partial charge in [-0.05, 0) is 44.4 Å². The highest BCUT2D eigenvalue weighted by molar-refractivity contribution is 7.18. The van der Waals surface area contributed by atoms with Crippen molar-refractivity contribution in [3.63, 3.8) is 0 Å². The van der Waals surface area contributed by atoms with Gasteiger partial charge in [-0.25, -0.2) is 0 Å². The Kier molecular flexibility index (Phi) is 4.47. The maximum atomic E-state index is 12.6. The number of likely N-dealkylation sites (tertiary alicyclic amines) is 1. The van der Waals surface area contributed by atoms with Gasteiger partial charge in [-0.3, -0.25) is 15.0 Å². The molecule has 1 aromatic heterocycles. The van der Waals surface area contributed by atoms with Crippen molar-refractivity contribution in [2.75, 3.05) is 11.9 Å². The van der Waals surface area contributed by atoms with Crippen molar-refractivity contribution in [3.8, 4) is 10.6 Å². The van der Waals surface area contributed by atoms with E-state index in [1.54, 1.807) is 18.2 Å². The number of nitrogens with one attached hydrogen (secondary N) is 1. The van der Waals surface area contributed by atoms with Crippen LogP contribution in [0, 0.1) is 0 Å². The first kappa shape index (κ1) is 16.3. The zero-order chi connectivity index (χ0) is 16.7. The third-order valence-corrected chi connectivity index (χ3v) is 5.93. The highest BCUT2D eigenvalue weighted by atomic mass is 35.5. The Morgan fingerprint density at radius 2 is 1.96 bits per heavy atom. The van der Waals surface area contributed by atoms with Crippen molar-refractivity contribution in [2.45, 2.75) is 37.8 Å². The molecule has 1 saturated carbocycles. The molecule has 126 valence electrons. The van der Waals surface area contributed by atoms with Gasteiger partial charge in [0.25, 0.3) is 0 Å². The summed E-state index contributed by atoms with van der Waals surface area (Å²) < 4.78 is 0. The number of hydrogen-bond acceptors (Lipinski definition) is 5. The summed E-state index contributed by atoms with van der Waals surface area (Å²) in [5.41, 5.74) is 0.652. The minimum Gasteiger partial charge on any atom is -0.299 e. The van der Waals surface area contributed by atoms with Crippen LogP contribution in [0.2, 0.25) is 10.0 Å². The first-order chi connectivity index (χ1) is 11.6. The number of hydrogen-bond donors (Lipinski definition) is 1. The molecule has 0 spiro atoms. The van der Waals surface area contributed by atoms with Crippen LogP contribution in [0.15, 0.2) is 18.2 Å². The highest BCUT2D eigenvalue weighted by Gasteiger charge is 2.40. The normalized spacial score (nSPS) is 21.2. The Morgan fingerprint density at radius 3 is 2.67 bits per heavy atom. The monoisotopic (exact) mass is 382 g/mol. The van der Waals surface area contributed by atoms with E-state index in [9.17, 15) is 4.79 Å². The minimum absolute atomic E-state index is 0.00681. The first-order valence-corrected chi connectivity index (χ1v) is 9.55. The van der Waals surface area contributed by atoms with Gasteiger partial charge in [0, 0.05) is 11.6 Å². The average molecular weight is 383 g/mol. The van der Waals surface area contributed by atoms with Gasteiger partial charge in [-0.15, -0.1) is 10.2 Å². The van der Waals surface area contributed by atoms with Gasteiger partial charge in [-0.2, -0.15) is 0 Å². The van der Waals surface area contributed by atoms with Crippen molar-refractivity contribution in [2.24, 2.45) is 0 Å². The van der Waals surface area contributed by atoms with Crippen LogP contribution in [0.1, 0.15) is 25.7 Å². The van der Waals surface area contributed by atoms with E-state index in [1.165, 1.54) is 24.2 Å². The number of carbonyl (C=O) groups is 1. The van der Waals surface area contributed by atoms with Crippen LogP contribution in [-0.4, -0.2) is 39.6 Å². The van der Waals surface area contributed by atoms with Crippen molar-refractivity contribution in [3.05, 3.63) is 28.2 Å². The van der Waals surface area contributed by atoms with Gasteiger partial charge in [0.05, 0.1) is 16.1 Å². The lowest BCUT2D eigenvalue weighted by Crippen LogP contribution is -2.40. The van der Waals surface area contributed by atoms with Crippen molar-refractivity contribution >= 4 is 45.6 Å². The second-order valence-electron chi connectivity index (χ2n) is 6.13. The third-order valence-electron chi connectivity index (χ3n) is 4.44. The van der Waals surface area contributed by atoms with Gasteiger partial charge in [0.1, 0.15) is 0 Å². The Bertz CT molecular complexity index is 757. The van der Waals surface area contributed by atoms with Crippen molar-refractivity contribution < 1.29 is 4.79 Å². The molecule has 0 bridgehead atoms. The van der Waals surface area contributed by atoms with Crippen LogP contribution in [0.3, 0.4) is 0 Å². The standard InChI is InChI=1S/C16H16Cl2N4OS/c17-10-3-1-4-11(18)13(10)15-20-21-16(24-15)19-14(23)12-5-2-8-22(12)9-6-7-9/h1,3-4,9,12H,2,5-8H2,(H,19,21,23). The largest absolute Gasteiger partial charge is 0.299 e. The number of anilines is 1. The van der Waals surface area contributed by atoms with Gasteiger partial charge in [-0.1, -0.05) is 40.6 Å². The van der Waals surface area contributed by atoms with E-state index in [1.807, 2.05) is 0 Å². The number of halogens is 2. The van der Waals surface area contributed by atoms with E-state index in [0.29, 0.717) is 31.8 Å². The Labute approximate surface area is 154 Å². The van der Waals surface area contributed by atoms with Crippen LogP contribution in [0.25, 0.3) is 10.6 Å². The van der Waals surface area contributed by atoms with Gasteiger partial charge >= 0.3 is 0 Å². The number of nitrogens with zero attached hydrogens (tertiary/aromatic N) is 3. The molecule has 0 radical (unpaired) electrons. The first-order valence-electron chi connectivity index (χ1n) is 7.98. The zero-order valence-corrected chi connectivity index (χ0v) is 15.2. The van der Waals surface area contributed by atoms with E-state index in [2.05, 4.69) is 20.4 Å². The summed E-state index contributed by atoms with van der Waals surface area (Å²) in [6, 6.07) is 5.84. The van der Waals surface area contributed by atoms with Crippen LogP contribution < -0.4 is 5.32 Å². The summed E-state index contributed by atoms with van der Waals surface area (Å²) in [4.78, 5) is 14.9. The van der Waals surface area contributed by atoms with E-state index in [4.69, 9.17) is 23.2 Å². The molecule has 4 rings (SSSR count). The van der Waals surface area contributed by atoms with Gasteiger partial charge < -0.3 is 0 Å². The lowest BCUT2D eigenvalue weighted by molar-refractivity contribution is -0.120. The number of amides is 1. The van der Waals surface area contributed by atoms with Gasteiger partial charge in [0.2, 0.25) is 11.0 Å². The molecule has 1 aliphatic heterocycles. The second-order valence-corrected chi connectivity index (χ2v) is 7.92. The van der Waals surface area contributed by atoms with E-state index >= 15 is 0 Å². The Hall–Kier alpha value is -1.21. The van der Waals surface area contributed by atoms with E-state index in [0.717, 1.165) is 19.4 Å². The molecule has 1 unspecified atom stereocenters. The maximum Gasteiger partial charge on any atom is 0.243 e. The molecule has 5 nitrogen and oxygen atoms in total. The minimum atomic E-state index is -0.0475. The summed E-state index contributed by atoms with van der Waals surface area (Å²) in [6.45, 7) is 1.01. The SMILES string of the molecule is O=C(Nc1nnc(-c2c(Cl)cccc2Cl)s1)C1CCCN1C1CC1. The molecule has 8 heteroatoms. The van der Waals surface area contributed by atoms with Crippen LogP contribution >= 0.6 is 34.5 Å². The molecule has 2 heterocycles. The lowest BCUT2D eigenvalue weighted by atomic mass is 10.2. The number of benzene rings is 1. The topological polar surface area (TPSA) is 58.1 Å². The maximum absolute atomic E-state index is 12.6. The molecule has 24 heavy (non-hydrogen) atoms. The van der Waals surface area contributed by atoms with Crippen LogP contribution in [-0.2, 0) is 4.79 Å². The van der Waals surface area contributed by atoms with Crippen LogP contribution in [0.4, 0.5) is 5.13 Å². The molecule has 1 N–H and O–H groups in total. The van der Waals surface area contributed by atoms with Crippen molar-refractivity contribution in [1.29, 1.82) is 0 Å². The lowest BCUT2D eigenvalue weighted by Gasteiger charge is -2.22. The second kappa shape index (κ2) is 6.59. The highest BCUT2D eigenvalue weighted by Crippen LogP contribution is 2.38. The zero-order valence-electron chi connectivity index (χ0n) is 12.8. The molecule has 1 aromatic carbocycles. The molecule has 1 atom stereocenters. The molecule has 1 aliphatic carbocycles. The van der Waals surface area contributed by atoms with Gasteiger partial charge in [0.15, 0.2) is 5.01 Å². The number of rotatable bonds is 4. The fraction of sp³-hybridized carbons (Fsp3) is 0.438.